The number of benzene rings is 4. The van der Waals surface area contributed by atoms with Crippen LogP contribution >= 0.6 is 0 Å². The Labute approximate surface area is 190 Å². The Kier molecular flexibility index (Phi) is 3.44. The number of allylic oxidation sites excluding steroid dienone is 2. The van der Waals surface area contributed by atoms with Gasteiger partial charge in [-0.2, -0.15) is 4.98 Å². The van der Waals surface area contributed by atoms with E-state index in [1.165, 1.54) is 0 Å². The Balaban J connectivity index is 1.54. The van der Waals surface area contributed by atoms with Crippen molar-refractivity contribution in [1.82, 2.24) is 9.97 Å². The standard InChI is InChI=1S/C26H14N4O4/c31-23-19(13-9-7-11-3-1-5-15-17(11)21(13)29-25(33)27-15)24(32)20(23)14-10-8-12-4-2-6-16-18(12)22(14)30-26(34)28-16/h1-10,31H,(H,27,29,33)(H2,28,30,34)/p-1/b19-13+. The molecule has 2 amide bonds. The number of rotatable bonds is 1. The van der Waals surface area contributed by atoms with E-state index >= 15 is 0 Å². The van der Waals surface area contributed by atoms with Crippen LogP contribution in [0.1, 0.15) is 5.56 Å². The lowest BCUT2D eigenvalue weighted by atomic mass is 9.80. The molecule has 2 aliphatic rings. The molecular weight excluding hydrogens is 432 g/mol. The first-order valence-electron chi connectivity index (χ1n) is 10.6. The summed E-state index contributed by atoms with van der Waals surface area (Å²) >= 11 is 0. The number of hydrogen-bond acceptors (Lipinski definition) is 5. The number of aromatic amines is 1. The van der Waals surface area contributed by atoms with Crippen molar-refractivity contribution < 1.29 is 14.7 Å². The van der Waals surface area contributed by atoms with Crippen LogP contribution in [-0.2, 0) is 4.79 Å². The average molecular weight is 445 g/mol. The third-order valence-electron chi connectivity index (χ3n) is 6.45. The topological polar surface area (TPSA) is 127 Å². The highest BCUT2D eigenvalue weighted by Gasteiger charge is 2.33. The van der Waals surface area contributed by atoms with Crippen LogP contribution in [0.5, 0.6) is 0 Å². The van der Waals surface area contributed by atoms with E-state index in [0.717, 1.165) is 16.2 Å². The van der Waals surface area contributed by atoms with Crippen LogP contribution in [0.4, 0.5) is 16.2 Å². The number of carbonyl (C=O) groups excluding carboxylic acids is 2. The van der Waals surface area contributed by atoms with Crippen molar-refractivity contribution in [1.29, 1.82) is 0 Å². The third kappa shape index (κ3) is 2.31. The van der Waals surface area contributed by atoms with Gasteiger partial charge in [-0.25, -0.2) is 9.59 Å². The summed E-state index contributed by atoms with van der Waals surface area (Å²) in [6.07, 6.45) is 0. The van der Waals surface area contributed by atoms with E-state index in [1.54, 1.807) is 30.3 Å². The zero-order valence-electron chi connectivity index (χ0n) is 17.4. The molecule has 0 fully saturated rings. The van der Waals surface area contributed by atoms with Gasteiger partial charge in [0.1, 0.15) is 0 Å². The molecule has 162 valence electrons. The van der Waals surface area contributed by atoms with Gasteiger partial charge >= 0.3 is 11.7 Å². The minimum absolute atomic E-state index is 0.00439. The van der Waals surface area contributed by atoms with Gasteiger partial charge in [-0.3, -0.25) is 4.79 Å². The lowest BCUT2D eigenvalue weighted by Gasteiger charge is -2.33. The maximum absolute atomic E-state index is 13.4. The van der Waals surface area contributed by atoms with Gasteiger partial charge in [0.25, 0.3) is 0 Å². The van der Waals surface area contributed by atoms with Crippen molar-refractivity contribution >= 4 is 66.9 Å². The normalized spacial score (nSPS) is 16.7. The van der Waals surface area contributed by atoms with Crippen molar-refractivity contribution in [2.45, 2.75) is 0 Å². The summed E-state index contributed by atoms with van der Waals surface area (Å²) in [7, 11) is 0. The Morgan fingerprint density at radius 1 is 0.765 bits per heavy atom. The molecule has 2 heterocycles. The van der Waals surface area contributed by atoms with E-state index in [0.29, 0.717) is 38.6 Å². The fourth-order valence-corrected chi connectivity index (χ4v) is 5.00. The quantitative estimate of drug-likeness (QED) is 0.365. The van der Waals surface area contributed by atoms with E-state index in [-0.39, 0.29) is 11.1 Å². The Morgan fingerprint density at radius 3 is 2.35 bits per heavy atom. The molecular formula is C26H13N4O4-. The minimum atomic E-state index is -0.557. The lowest BCUT2D eigenvalue weighted by molar-refractivity contribution is -0.292. The number of ketones is 1. The highest BCUT2D eigenvalue weighted by atomic mass is 16.3. The molecule has 0 saturated heterocycles. The van der Waals surface area contributed by atoms with Gasteiger partial charge in [0, 0.05) is 32.7 Å². The predicted molar refractivity (Wildman–Crippen MR) is 127 cm³/mol. The van der Waals surface area contributed by atoms with E-state index < -0.39 is 23.3 Å². The van der Waals surface area contributed by atoms with Gasteiger partial charge in [0.2, 0.25) is 0 Å². The summed E-state index contributed by atoms with van der Waals surface area (Å²) in [5.74, 6) is -0.889. The van der Waals surface area contributed by atoms with Crippen molar-refractivity contribution in [2.24, 2.45) is 0 Å². The first-order chi connectivity index (χ1) is 16.5. The number of aromatic nitrogens is 2. The molecule has 3 N–H and O–H groups in total. The van der Waals surface area contributed by atoms with Crippen LogP contribution in [-0.4, -0.2) is 21.8 Å². The predicted octanol–water partition coefficient (Wildman–Crippen LogP) is 2.41. The number of nitrogens with zero attached hydrogens (tertiary/aromatic N) is 1. The Bertz CT molecular complexity index is 1930. The van der Waals surface area contributed by atoms with Crippen LogP contribution in [0.25, 0.3) is 43.7 Å². The summed E-state index contributed by atoms with van der Waals surface area (Å²) in [5, 5.41) is 22.3. The summed E-state index contributed by atoms with van der Waals surface area (Å²) in [4.78, 5) is 44.5. The van der Waals surface area contributed by atoms with E-state index in [9.17, 15) is 19.5 Å². The van der Waals surface area contributed by atoms with Gasteiger partial charge < -0.3 is 20.7 Å². The van der Waals surface area contributed by atoms with Gasteiger partial charge in [-0.1, -0.05) is 54.3 Å². The molecule has 5 aromatic rings. The maximum Gasteiger partial charge on any atom is 0.345 e. The molecule has 34 heavy (non-hydrogen) atoms. The number of nitrogens with one attached hydrogen (secondary N) is 3. The molecule has 1 aliphatic heterocycles. The summed E-state index contributed by atoms with van der Waals surface area (Å²) in [6, 6.07) is 17.4. The number of H-pyrrole nitrogens is 1. The first kappa shape index (κ1) is 18.6. The SMILES string of the molecule is O=C1Nc2cccc3ccc(C4=C([O-])/C(=c5/ccc6cccc7[nH]c(=O)nc5c67)C4=O)c(c23)N1. The minimum Gasteiger partial charge on any atom is -0.871 e. The van der Waals surface area contributed by atoms with Gasteiger partial charge in [-0.05, 0) is 22.9 Å². The highest BCUT2D eigenvalue weighted by Crippen LogP contribution is 2.44. The molecule has 4 aromatic carbocycles. The van der Waals surface area contributed by atoms with Crippen molar-refractivity contribution in [2.75, 3.05) is 10.6 Å². The largest absolute Gasteiger partial charge is 0.871 e. The van der Waals surface area contributed by atoms with E-state index in [2.05, 4.69) is 20.6 Å². The van der Waals surface area contributed by atoms with Gasteiger partial charge in [-0.15, -0.1) is 0 Å². The van der Waals surface area contributed by atoms with Gasteiger partial charge in [0.15, 0.2) is 5.78 Å². The molecule has 7 rings (SSSR count). The number of urea groups is 1. The van der Waals surface area contributed by atoms with Crippen molar-refractivity contribution in [3.63, 3.8) is 0 Å². The monoisotopic (exact) mass is 445 g/mol. The van der Waals surface area contributed by atoms with Crippen molar-refractivity contribution in [3.8, 4) is 0 Å². The molecule has 0 unspecified atom stereocenters. The molecule has 0 radical (unpaired) electrons. The van der Waals surface area contributed by atoms with Crippen LogP contribution in [0.3, 0.4) is 0 Å². The molecule has 0 saturated carbocycles. The van der Waals surface area contributed by atoms with Crippen LogP contribution in [0.2, 0.25) is 0 Å². The fraction of sp³-hybridized carbons (Fsp3) is 0. The average Bonchev–Trinajstić information content (AvgIpc) is 2.82. The summed E-state index contributed by atoms with van der Waals surface area (Å²) in [6.45, 7) is 0. The second-order valence-corrected chi connectivity index (χ2v) is 8.29. The van der Waals surface area contributed by atoms with Crippen LogP contribution in [0.15, 0.2) is 71.2 Å². The molecule has 1 aromatic heterocycles. The summed E-state index contributed by atoms with van der Waals surface area (Å²) in [5.41, 5.74) is 1.74. The summed E-state index contributed by atoms with van der Waals surface area (Å²) < 4.78 is 0. The Hall–Kier alpha value is -4.98. The number of anilines is 2. The first-order valence-corrected chi connectivity index (χ1v) is 10.6. The maximum atomic E-state index is 13.4. The molecule has 0 bridgehead atoms. The number of amides is 2. The molecule has 8 heteroatoms. The molecule has 0 atom stereocenters. The van der Waals surface area contributed by atoms with Gasteiger partial charge in [0.05, 0.1) is 22.4 Å². The molecule has 8 nitrogen and oxygen atoms in total. The second-order valence-electron chi connectivity index (χ2n) is 8.29. The Morgan fingerprint density at radius 2 is 1.53 bits per heavy atom. The molecule has 0 spiro atoms. The second kappa shape index (κ2) is 6.29. The van der Waals surface area contributed by atoms with Crippen molar-refractivity contribution in [3.05, 3.63) is 87.7 Å². The van der Waals surface area contributed by atoms with E-state index in [1.807, 2.05) is 30.3 Å². The third-order valence-corrected chi connectivity index (χ3v) is 6.45. The molecule has 1 aliphatic carbocycles. The van der Waals surface area contributed by atoms with Crippen LogP contribution < -0.4 is 26.6 Å². The zero-order valence-corrected chi connectivity index (χ0v) is 17.4. The van der Waals surface area contributed by atoms with E-state index in [4.69, 9.17) is 0 Å². The highest BCUT2D eigenvalue weighted by molar-refractivity contribution is 6.52. The zero-order chi connectivity index (χ0) is 23.1. The smallest absolute Gasteiger partial charge is 0.345 e. The number of Topliss-reactive ketones (excluding diaryl/α,β-unsaturated/α-hetero) is 1. The fourth-order valence-electron chi connectivity index (χ4n) is 5.00. The van der Waals surface area contributed by atoms with Crippen LogP contribution in [0, 0.1) is 0 Å². The lowest BCUT2D eigenvalue weighted by Crippen LogP contribution is -2.34. The number of hydrogen-bond donors (Lipinski definition) is 3. The number of carbonyl (C=O) groups is 2.